The SMILES string of the molecule is CC(C)(CCOCc1ccccc1)Nc1ccc(Br)cc1. The van der Waals surface area contributed by atoms with E-state index in [0.717, 1.165) is 23.2 Å². The molecule has 0 unspecified atom stereocenters. The maximum absolute atomic E-state index is 5.76. The minimum atomic E-state index is 0.00448. The van der Waals surface area contributed by atoms with Crippen LogP contribution < -0.4 is 5.32 Å². The highest BCUT2D eigenvalue weighted by Gasteiger charge is 2.17. The maximum Gasteiger partial charge on any atom is 0.0716 e. The highest BCUT2D eigenvalue weighted by molar-refractivity contribution is 9.10. The molecule has 1 N–H and O–H groups in total. The van der Waals surface area contributed by atoms with Gasteiger partial charge in [0.15, 0.2) is 0 Å². The van der Waals surface area contributed by atoms with Crippen LogP contribution in [0.2, 0.25) is 0 Å². The van der Waals surface area contributed by atoms with E-state index in [9.17, 15) is 0 Å². The lowest BCUT2D eigenvalue weighted by Crippen LogP contribution is -2.32. The summed E-state index contributed by atoms with van der Waals surface area (Å²) in [7, 11) is 0. The first-order valence-corrected chi connectivity index (χ1v) is 8.00. The highest BCUT2D eigenvalue weighted by Crippen LogP contribution is 2.20. The predicted octanol–water partition coefficient (Wildman–Crippen LogP) is 5.25. The van der Waals surface area contributed by atoms with E-state index in [1.54, 1.807) is 0 Å². The topological polar surface area (TPSA) is 21.3 Å². The summed E-state index contributed by atoms with van der Waals surface area (Å²) < 4.78 is 6.86. The third-order valence-corrected chi connectivity index (χ3v) is 3.84. The van der Waals surface area contributed by atoms with Gasteiger partial charge in [-0.3, -0.25) is 0 Å². The molecule has 2 rings (SSSR count). The van der Waals surface area contributed by atoms with Crippen LogP contribution in [0.4, 0.5) is 5.69 Å². The molecule has 0 saturated carbocycles. The van der Waals surface area contributed by atoms with Crippen molar-refractivity contribution in [2.45, 2.75) is 32.4 Å². The molecule has 0 fully saturated rings. The van der Waals surface area contributed by atoms with Crippen molar-refractivity contribution in [3.63, 3.8) is 0 Å². The number of anilines is 1. The van der Waals surface area contributed by atoms with Crippen LogP contribution in [0.3, 0.4) is 0 Å². The van der Waals surface area contributed by atoms with E-state index in [1.807, 2.05) is 30.3 Å². The normalized spacial score (nSPS) is 11.4. The Morgan fingerprint density at radius 2 is 1.67 bits per heavy atom. The molecule has 2 aromatic rings. The van der Waals surface area contributed by atoms with Crippen LogP contribution in [-0.2, 0) is 11.3 Å². The van der Waals surface area contributed by atoms with Gasteiger partial charge in [0.1, 0.15) is 0 Å². The zero-order chi connectivity index (χ0) is 15.1. The second-order valence-electron chi connectivity index (χ2n) is 5.80. The lowest BCUT2D eigenvalue weighted by molar-refractivity contribution is 0.109. The average Bonchev–Trinajstić information content (AvgIpc) is 2.47. The summed E-state index contributed by atoms with van der Waals surface area (Å²) in [5.41, 5.74) is 2.35. The van der Waals surface area contributed by atoms with Crippen LogP contribution in [0.1, 0.15) is 25.8 Å². The largest absolute Gasteiger partial charge is 0.380 e. The van der Waals surface area contributed by atoms with Gasteiger partial charge in [-0.05, 0) is 50.1 Å². The molecule has 0 bridgehead atoms. The molecule has 2 aromatic carbocycles. The molecule has 112 valence electrons. The zero-order valence-electron chi connectivity index (χ0n) is 12.6. The van der Waals surface area contributed by atoms with Crippen LogP contribution in [0.25, 0.3) is 0 Å². The minimum Gasteiger partial charge on any atom is -0.380 e. The molecular formula is C18H22BrNO. The quantitative estimate of drug-likeness (QED) is 0.691. The third-order valence-electron chi connectivity index (χ3n) is 3.31. The van der Waals surface area contributed by atoms with Gasteiger partial charge in [0.05, 0.1) is 6.61 Å². The number of halogens is 1. The number of hydrogen-bond donors (Lipinski definition) is 1. The van der Waals surface area contributed by atoms with Crippen molar-refractivity contribution in [3.05, 3.63) is 64.6 Å². The first-order valence-electron chi connectivity index (χ1n) is 7.21. The fourth-order valence-electron chi connectivity index (χ4n) is 2.08. The standard InChI is InChI=1S/C18H22BrNO/c1-18(2,20-17-10-8-16(19)9-11-17)12-13-21-14-15-6-4-3-5-7-15/h3-11,20H,12-14H2,1-2H3. The summed E-state index contributed by atoms with van der Waals surface area (Å²) in [5.74, 6) is 0. The number of nitrogens with one attached hydrogen (secondary N) is 1. The van der Waals surface area contributed by atoms with E-state index in [-0.39, 0.29) is 5.54 Å². The Morgan fingerprint density at radius 1 is 1.00 bits per heavy atom. The molecule has 0 aliphatic heterocycles. The van der Waals surface area contributed by atoms with Crippen LogP contribution in [-0.4, -0.2) is 12.1 Å². The summed E-state index contributed by atoms with van der Waals surface area (Å²) in [4.78, 5) is 0. The number of ether oxygens (including phenoxy) is 1. The smallest absolute Gasteiger partial charge is 0.0716 e. The van der Waals surface area contributed by atoms with Crippen molar-refractivity contribution in [1.82, 2.24) is 0 Å². The molecule has 21 heavy (non-hydrogen) atoms. The van der Waals surface area contributed by atoms with E-state index < -0.39 is 0 Å². The molecule has 0 heterocycles. The molecule has 0 saturated heterocycles. The van der Waals surface area contributed by atoms with Crippen LogP contribution in [0, 0.1) is 0 Å². The fourth-order valence-corrected chi connectivity index (χ4v) is 2.34. The first kappa shape index (κ1) is 16.1. The summed E-state index contributed by atoms with van der Waals surface area (Å²) in [5, 5.41) is 3.54. The van der Waals surface area contributed by atoms with E-state index in [0.29, 0.717) is 6.61 Å². The summed E-state index contributed by atoms with van der Waals surface area (Å²) in [6.45, 7) is 5.81. The van der Waals surface area contributed by atoms with Crippen molar-refractivity contribution in [3.8, 4) is 0 Å². The van der Waals surface area contributed by atoms with Gasteiger partial charge in [-0.1, -0.05) is 46.3 Å². The van der Waals surface area contributed by atoms with Gasteiger partial charge in [0.25, 0.3) is 0 Å². The van der Waals surface area contributed by atoms with Gasteiger partial charge >= 0.3 is 0 Å². The molecule has 0 aliphatic carbocycles. The van der Waals surface area contributed by atoms with Gasteiger partial charge in [-0.15, -0.1) is 0 Å². The minimum absolute atomic E-state index is 0.00448. The lowest BCUT2D eigenvalue weighted by Gasteiger charge is -2.27. The Morgan fingerprint density at radius 3 is 2.33 bits per heavy atom. The average molecular weight is 348 g/mol. The van der Waals surface area contributed by atoms with Crippen molar-refractivity contribution in [2.75, 3.05) is 11.9 Å². The number of hydrogen-bond acceptors (Lipinski definition) is 2. The first-order chi connectivity index (χ1) is 10.1. The molecule has 2 nitrogen and oxygen atoms in total. The summed E-state index contributed by atoms with van der Waals surface area (Å²) in [6.07, 6.45) is 0.954. The van der Waals surface area contributed by atoms with Gasteiger partial charge in [-0.25, -0.2) is 0 Å². The number of benzene rings is 2. The highest BCUT2D eigenvalue weighted by atomic mass is 79.9. The van der Waals surface area contributed by atoms with Crippen molar-refractivity contribution in [1.29, 1.82) is 0 Å². The predicted molar refractivity (Wildman–Crippen MR) is 92.6 cm³/mol. The summed E-state index contributed by atoms with van der Waals surface area (Å²) >= 11 is 3.45. The van der Waals surface area contributed by atoms with Crippen molar-refractivity contribution in [2.24, 2.45) is 0 Å². The zero-order valence-corrected chi connectivity index (χ0v) is 14.2. The Labute approximate surface area is 135 Å². The molecular weight excluding hydrogens is 326 g/mol. The lowest BCUT2D eigenvalue weighted by atomic mass is 10.0. The number of rotatable bonds is 7. The van der Waals surface area contributed by atoms with Crippen LogP contribution in [0.5, 0.6) is 0 Å². The Hall–Kier alpha value is -1.32. The van der Waals surface area contributed by atoms with Gasteiger partial charge in [-0.2, -0.15) is 0 Å². The van der Waals surface area contributed by atoms with Gasteiger partial charge in [0, 0.05) is 22.3 Å². The second kappa shape index (κ2) is 7.62. The van der Waals surface area contributed by atoms with E-state index in [1.165, 1.54) is 5.56 Å². The van der Waals surface area contributed by atoms with Crippen molar-refractivity contribution < 1.29 is 4.74 Å². The molecule has 0 aliphatic rings. The second-order valence-corrected chi connectivity index (χ2v) is 6.72. The Balaban J connectivity index is 1.74. The fraction of sp³-hybridized carbons (Fsp3) is 0.333. The Bertz CT molecular complexity index is 537. The van der Waals surface area contributed by atoms with Gasteiger partial charge in [0.2, 0.25) is 0 Å². The van der Waals surface area contributed by atoms with Crippen LogP contribution >= 0.6 is 15.9 Å². The van der Waals surface area contributed by atoms with E-state index >= 15 is 0 Å². The molecule has 3 heteroatoms. The molecule has 0 radical (unpaired) electrons. The maximum atomic E-state index is 5.76. The van der Waals surface area contributed by atoms with Crippen molar-refractivity contribution >= 4 is 21.6 Å². The monoisotopic (exact) mass is 347 g/mol. The van der Waals surface area contributed by atoms with E-state index in [4.69, 9.17) is 4.74 Å². The molecule has 0 aromatic heterocycles. The molecule has 0 atom stereocenters. The Kier molecular flexibility index (Phi) is 5.83. The molecule has 0 amide bonds. The van der Waals surface area contributed by atoms with E-state index in [2.05, 4.69) is 59.4 Å². The van der Waals surface area contributed by atoms with Gasteiger partial charge < -0.3 is 10.1 Å². The third kappa shape index (κ3) is 5.90. The summed E-state index contributed by atoms with van der Waals surface area (Å²) in [6, 6.07) is 18.5. The van der Waals surface area contributed by atoms with Crippen LogP contribution in [0.15, 0.2) is 59.1 Å². The molecule has 0 spiro atoms.